The highest BCUT2D eigenvalue weighted by Gasteiger charge is 2.35. The number of nitrogens with one attached hydrogen (secondary N) is 1. The number of hydrogen-bond donors (Lipinski definition) is 2. The van der Waals surface area contributed by atoms with E-state index in [4.69, 9.17) is 0 Å². The Bertz CT molecular complexity index is 1610. The van der Waals surface area contributed by atoms with Gasteiger partial charge in [-0.05, 0) is 49.2 Å². The lowest BCUT2D eigenvalue weighted by molar-refractivity contribution is -0.0300. The van der Waals surface area contributed by atoms with Crippen LogP contribution in [0.4, 0.5) is 4.39 Å². The molecule has 1 aromatic carbocycles. The molecule has 1 aliphatic heterocycles. The summed E-state index contributed by atoms with van der Waals surface area (Å²) in [6, 6.07) is 9.37. The number of halogens is 1. The molecule has 1 fully saturated rings. The minimum absolute atomic E-state index is 0.0522. The van der Waals surface area contributed by atoms with Gasteiger partial charge in [0, 0.05) is 24.7 Å². The zero-order chi connectivity index (χ0) is 24.9. The molecule has 1 aliphatic rings. The maximum Gasteiger partial charge on any atom is 0.270 e. The normalized spacial score (nSPS) is 15.6. The van der Waals surface area contributed by atoms with Gasteiger partial charge < -0.3 is 15.0 Å². The molecule has 10 nitrogen and oxygen atoms in total. The third-order valence-electron chi connectivity index (χ3n) is 6.73. The second-order valence-corrected chi connectivity index (χ2v) is 9.11. The molecule has 0 saturated carbocycles. The quantitative estimate of drug-likeness (QED) is 0.401. The van der Waals surface area contributed by atoms with Gasteiger partial charge in [0.05, 0.1) is 35.7 Å². The predicted octanol–water partition coefficient (Wildman–Crippen LogP) is 2.26. The Labute approximate surface area is 203 Å². The average Bonchev–Trinajstić information content (AvgIpc) is 3.51. The number of fused-ring (bicyclic) bond motifs is 2. The van der Waals surface area contributed by atoms with E-state index in [0.29, 0.717) is 48.3 Å². The van der Waals surface area contributed by atoms with Crippen molar-refractivity contribution in [2.75, 3.05) is 13.1 Å². The van der Waals surface area contributed by atoms with Gasteiger partial charge in [-0.15, -0.1) is 0 Å². The zero-order valence-corrected chi connectivity index (χ0v) is 19.1. The molecule has 6 rings (SSSR count). The molecule has 11 heteroatoms. The standard InChI is InChI=1S/C25H22FN7O3/c26-17-1-3-18(4-2-17)33-22-19(12-29-33)23(34)32(15-28-22)14-25(36)6-9-31(10-7-25)24(35)20-11-16-5-8-27-13-21(16)30-20/h1-5,8,11-13,15,30,36H,6-7,9-10,14H2. The number of H-pyrrole nitrogens is 1. The summed E-state index contributed by atoms with van der Waals surface area (Å²) in [5.41, 5.74) is 0.716. The van der Waals surface area contributed by atoms with Crippen LogP contribution in [0.5, 0.6) is 0 Å². The van der Waals surface area contributed by atoms with Crippen molar-refractivity contribution < 1.29 is 14.3 Å². The second kappa shape index (κ2) is 8.38. The van der Waals surface area contributed by atoms with Crippen molar-refractivity contribution in [3.63, 3.8) is 0 Å². The summed E-state index contributed by atoms with van der Waals surface area (Å²) < 4.78 is 16.1. The molecule has 4 aromatic heterocycles. The first-order valence-corrected chi connectivity index (χ1v) is 11.5. The lowest BCUT2D eigenvalue weighted by atomic mass is 9.91. The highest BCUT2D eigenvalue weighted by Crippen LogP contribution is 2.26. The Kier molecular flexibility index (Phi) is 5.15. The van der Waals surface area contributed by atoms with Crippen LogP contribution < -0.4 is 5.56 Å². The van der Waals surface area contributed by atoms with Crippen molar-refractivity contribution >= 4 is 27.8 Å². The fraction of sp³-hybridized carbons (Fsp3) is 0.240. The van der Waals surface area contributed by atoms with E-state index in [1.807, 2.05) is 6.07 Å². The van der Waals surface area contributed by atoms with E-state index in [9.17, 15) is 19.1 Å². The lowest BCUT2D eigenvalue weighted by Crippen LogP contribution is -2.49. The van der Waals surface area contributed by atoms with Crippen molar-refractivity contribution in [1.29, 1.82) is 0 Å². The van der Waals surface area contributed by atoms with Gasteiger partial charge in [0.25, 0.3) is 11.5 Å². The smallest absolute Gasteiger partial charge is 0.270 e. The van der Waals surface area contributed by atoms with E-state index in [1.54, 1.807) is 35.5 Å². The molecule has 0 spiro atoms. The van der Waals surface area contributed by atoms with Crippen molar-refractivity contribution in [2.24, 2.45) is 0 Å². The molecule has 5 heterocycles. The van der Waals surface area contributed by atoms with Crippen LogP contribution in [0.25, 0.3) is 27.6 Å². The van der Waals surface area contributed by atoms with Crippen LogP contribution in [0.2, 0.25) is 0 Å². The second-order valence-electron chi connectivity index (χ2n) is 9.11. The van der Waals surface area contributed by atoms with E-state index in [0.717, 1.165) is 10.9 Å². The van der Waals surface area contributed by atoms with Crippen LogP contribution in [-0.2, 0) is 6.54 Å². The number of benzene rings is 1. The van der Waals surface area contributed by atoms with Crippen LogP contribution in [-0.4, -0.2) is 63.9 Å². The van der Waals surface area contributed by atoms with Crippen LogP contribution >= 0.6 is 0 Å². The summed E-state index contributed by atoms with van der Waals surface area (Å²) in [7, 11) is 0. The summed E-state index contributed by atoms with van der Waals surface area (Å²) in [6.07, 6.45) is 6.80. The van der Waals surface area contributed by atoms with Crippen LogP contribution in [0, 0.1) is 5.82 Å². The highest BCUT2D eigenvalue weighted by atomic mass is 19.1. The number of carbonyl (C=O) groups is 1. The monoisotopic (exact) mass is 487 g/mol. The molecule has 1 amide bonds. The number of amides is 1. The Hall–Kier alpha value is -4.38. The van der Waals surface area contributed by atoms with E-state index in [-0.39, 0.29) is 23.8 Å². The minimum Gasteiger partial charge on any atom is -0.388 e. The SMILES string of the molecule is O=C(c1cc2ccncc2[nH]1)N1CCC(O)(Cn2cnc3c(cnn3-c3ccc(F)cc3)c2=O)CC1. The first-order valence-electron chi connectivity index (χ1n) is 11.5. The molecular weight excluding hydrogens is 465 g/mol. The van der Waals surface area contributed by atoms with Crippen molar-refractivity contribution in [3.8, 4) is 5.69 Å². The summed E-state index contributed by atoms with van der Waals surface area (Å²) in [5.74, 6) is -0.508. The van der Waals surface area contributed by atoms with Crippen molar-refractivity contribution in [3.05, 3.63) is 83.2 Å². The number of likely N-dealkylation sites (tertiary alicyclic amines) is 1. The average molecular weight is 487 g/mol. The number of hydrogen-bond acceptors (Lipinski definition) is 6. The zero-order valence-electron chi connectivity index (χ0n) is 19.1. The molecule has 36 heavy (non-hydrogen) atoms. The Morgan fingerprint density at radius 1 is 1.14 bits per heavy atom. The maximum absolute atomic E-state index is 13.3. The molecular formula is C25H22FN7O3. The summed E-state index contributed by atoms with van der Waals surface area (Å²) >= 11 is 0. The molecule has 0 radical (unpaired) electrons. The summed E-state index contributed by atoms with van der Waals surface area (Å²) in [6.45, 7) is 0.766. The van der Waals surface area contributed by atoms with Gasteiger partial charge in [-0.1, -0.05) is 0 Å². The number of aliphatic hydroxyl groups is 1. The van der Waals surface area contributed by atoms with Crippen LogP contribution in [0.3, 0.4) is 0 Å². The number of rotatable bonds is 4. The predicted molar refractivity (Wildman–Crippen MR) is 129 cm³/mol. The first kappa shape index (κ1) is 22.1. The number of pyridine rings is 1. The minimum atomic E-state index is -1.16. The molecule has 2 N–H and O–H groups in total. The van der Waals surface area contributed by atoms with Gasteiger partial charge in [-0.3, -0.25) is 19.1 Å². The molecule has 0 unspecified atom stereocenters. The van der Waals surface area contributed by atoms with Crippen LogP contribution in [0.1, 0.15) is 23.3 Å². The molecule has 5 aromatic rings. The van der Waals surface area contributed by atoms with E-state index >= 15 is 0 Å². The first-order chi connectivity index (χ1) is 17.4. The number of aromatic amines is 1. The molecule has 0 bridgehead atoms. The Morgan fingerprint density at radius 2 is 1.92 bits per heavy atom. The van der Waals surface area contributed by atoms with Gasteiger partial charge in [-0.2, -0.15) is 5.10 Å². The van der Waals surface area contributed by atoms with Gasteiger partial charge >= 0.3 is 0 Å². The third-order valence-corrected chi connectivity index (χ3v) is 6.73. The number of carbonyl (C=O) groups excluding carboxylic acids is 1. The van der Waals surface area contributed by atoms with Gasteiger partial charge in [0.1, 0.15) is 23.2 Å². The van der Waals surface area contributed by atoms with Crippen molar-refractivity contribution in [1.82, 2.24) is 34.2 Å². The molecule has 0 aliphatic carbocycles. The largest absolute Gasteiger partial charge is 0.388 e. The Balaban J connectivity index is 1.18. The van der Waals surface area contributed by atoms with Crippen LogP contribution in [0.15, 0.2) is 66.1 Å². The maximum atomic E-state index is 13.3. The fourth-order valence-electron chi connectivity index (χ4n) is 4.69. The molecule has 1 saturated heterocycles. The fourth-order valence-corrected chi connectivity index (χ4v) is 4.69. The van der Waals surface area contributed by atoms with Gasteiger partial charge in [0.2, 0.25) is 0 Å². The highest BCUT2D eigenvalue weighted by molar-refractivity contribution is 5.97. The number of nitrogens with zero attached hydrogens (tertiary/aromatic N) is 6. The van der Waals surface area contributed by atoms with Crippen molar-refractivity contribution in [2.45, 2.75) is 25.0 Å². The van der Waals surface area contributed by atoms with Gasteiger partial charge in [0.15, 0.2) is 5.65 Å². The molecule has 0 atom stereocenters. The number of piperidine rings is 1. The van der Waals surface area contributed by atoms with E-state index in [1.165, 1.54) is 33.9 Å². The summed E-state index contributed by atoms with van der Waals surface area (Å²) in [4.78, 5) is 39.3. The molecule has 182 valence electrons. The Morgan fingerprint density at radius 3 is 2.67 bits per heavy atom. The van der Waals surface area contributed by atoms with Gasteiger partial charge in [-0.25, -0.2) is 14.1 Å². The van der Waals surface area contributed by atoms with E-state index in [2.05, 4.69) is 20.1 Å². The third kappa shape index (κ3) is 3.83. The van der Waals surface area contributed by atoms with E-state index < -0.39 is 5.60 Å². The number of aromatic nitrogens is 6. The summed E-state index contributed by atoms with van der Waals surface area (Å²) in [5, 5.41) is 16.7. The topological polar surface area (TPSA) is 122 Å². The lowest BCUT2D eigenvalue weighted by Gasteiger charge is -2.38.